The molecule has 3 heterocycles. The molecular weight excluding hydrogens is 454 g/mol. The van der Waals surface area contributed by atoms with Crippen LogP contribution in [0.2, 0.25) is 4.34 Å². The maximum Gasteiger partial charge on any atom is 0.290 e. The quantitative estimate of drug-likeness (QED) is 0.363. The maximum absolute atomic E-state index is 12.1. The fourth-order valence-corrected chi connectivity index (χ4v) is 3.94. The number of rotatable bonds is 8. The fraction of sp³-hybridized carbons (Fsp3) is 0.143. The Hall–Kier alpha value is -3.47. The summed E-state index contributed by atoms with van der Waals surface area (Å²) in [6.45, 7) is 0.0592. The molecule has 0 aliphatic heterocycles. The first kappa shape index (κ1) is 21.8. The molecule has 11 heteroatoms. The summed E-state index contributed by atoms with van der Waals surface area (Å²) in [6.07, 6.45) is 3.26. The summed E-state index contributed by atoms with van der Waals surface area (Å²) in [6, 6.07) is 12.4. The number of hydrogen-bond donors (Lipinski definition) is 3. The standard InChI is InChI=1S/C21H18ClN5O4S/c22-18-6-5-17(32-18)20(29)24-11-14-12-27(26-25-14)15-3-1-13(2-4-15)16-7-8-23-21(30)19(16)31-10-9-28/h1-8,12,28H,9-11H2,(H,23,30)(H,24,29). The van der Waals surface area contributed by atoms with Crippen molar-refractivity contribution < 1.29 is 14.6 Å². The number of thiophene rings is 1. The number of H-pyrrole nitrogens is 1. The van der Waals surface area contributed by atoms with Crippen molar-refractivity contribution in [2.24, 2.45) is 0 Å². The third-order valence-electron chi connectivity index (χ3n) is 4.46. The van der Waals surface area contributed by atoms with E-state index in [1.165, 1.54) is 11.3 Å². The van der Waals surface area contributed by atoms with Gasteiger partial charge in [-0.1, -0.05) is 28.9 Å². The van der Waals surface area contributed by atoms with Gasteiger partial charge < -0.3 is 20.1 Å². The van der Waals surface area contributed by atoms with Crippen molar-refractivity contribution in [3.8, 4) is 22.6 Å². The van der Waals surface area contributed by atoms with E-state index in [1.54, 1.807) is 35.3 Å². The van der Waals surface area contributed by atoms with Crippen LogP contribution in [0.3, 0.4) is 0 Å². The summed E-state index contributed by atoms with van der Waals surface area (Å²) in [5.74, 6) is -0.0713. The SMILES string of the molecule is O=C(NCc1cn(-c2ccc(-c3cc[nH]c(=O)c3OCCO)cc2)nn1)c1ccc(Cl)s1. The molecule has 0 aliphatic rings. The molecule has 0 saturated carbocycles. The molecule has 32 heavy (non-hydrogen) atoms. The van der Waals surface area contributed by atoms with Gasteiger partial charge in [0.05, 0.1) is 34.2 Å². The van der Waals surface area contributed by atoms with Gasteiger partial charge in [-0.2, -0.15) is 0 Å². The monoisotopic (exact) mass is 471 g/mol. The molecule has 0 aliphatic carbocycles. The number of nitrogens with zero attached hydrogens (tertiary/aromatic N) is 3. The lowest BCUT2D eigenvalue weighted by Gasteiger charge is -2.10. The van der Waals surface area contributed by atoms with Gasteiger partial charge in [0.1, 0.15) is 12.3 Å². The number of ether oxygens (including phenoxy) is 1. The van der Waals surface area contributed by atoms with Crippen LogP contribution in [0.4, 0.5) is 0 Å². The molecule has 9 nitrogen and oxygen atoms in total. The molecule has 1 aromatic carbocycles. The van der Waals surface area contributed by atoms with Crippen LogP contribution in [0.5, 0.6) is 5.75 Å². The van der Waals surface area contributed by atoms with Crippen LogP contribution in [-0.2, 0) is 6.54 Å². The Morgan fingerprint density at radius 2 is 2.03 bits per heavy atom. The predicted molar refractivity (Wildman–Crippen MR) is 120 cm³/mol. The lowest BCUT2D eigenvalue weighted by molar-refractivity contribution is 0.0954. The van der Waals surface area contributed by atoms with Crippen molar-refractivity contribution in [1.82, 2.24) is 25.3 Å². The van der Waals surface area contributed by atoms with Crippen molar-refractivity contribution in [2.75, 3.05) is 13.2 Å². The van der Waals surface area contributed by atoms with Gasteiger partial charge in [-0.05, 0) is 35.9 Å². The van der Waals surface area contributed by atoms with Gasteiger partial charge in [0.15, 0.2) is 5.75 Å². The Kier molecular flexibility index (Phi) is 6.64. The van der Waals surface area contributed by atoms with Crippen LogP contribution in [0, 0.1) is 0 Å². The van der Waals surface area contributed by atoms with Gasteiger partial charge in [0.2, 0.25) is 0 Å². The van der Waals surface area contributed by atoms with Crippen LogP contribution in [-0.4, -0.2) is 44.2 Å². The average molecular weight is 472 g/mol. The second kappa shape index (κ2) is 9.77. The van der Waals surface area contributed by atoms with E-state index in [2.05, 4.69) is 20.6 Å². The molecule has 4 aromatic rings. The predicted octanol–water partition coefficient (Wildman–Crippen LogP) is 2.64. The minimum atomic E-state index is -0.368. The average Bonchev–Trinajstić information content (AvgIpc) is 3.46. The number of aliphatic hydroxyl groups excluding tert-OH is 1. The number of carbonyl (C=O) groups is 1. The molecule has 0 fully saturated rings. The molecule has 0 spiro atoms. The molecule has 0 atom stereocenters. The molecule has 0 saturated heterocycles. The van der Waals surface area contributed by atoms with Crippen LogP contribution in [0.15, 0.2) is 59.7 Å². The van der Waals surface area contributed by atoms with E-state index in [0.29, 0.717) is 20.5 Å². The third kappa shape index (κ3) is 4.88. The topological polar surface area (TPSA) is 122 Å². The molecule has 164 valence electrons. The van der Waals surface area contributed by atoms with Gasteiger partial charge in [-0.25, -0.2) is 4.68 Å². The van der Waals surface area contributed by atoms with E-state index in [4.69, 9.17) is 21.4 Å². The maximum atomic E-state index is 12.1. The summed E-state index contributed by atoms with van der Waals surface area (Å²) < 4.78 is 7.55. The lowest BCUT2D eigenvalue weighted by Crippen LogP contribution is -2.21. The zero-order valence-corrected chi connectivity index (χ0v) is 18.2. The highest BCUT2D eigenvalue weighted by Gasteiger charge is 2.12. The minimum absolute atomic E-state index is 0.0238. The molecular formula is C21H18ClN5O4S. The Morgan fingerprint density at radius 3 is 2.75 bits per heavy atom. The number of benzene rings is 1. The molecule has 0 bridgehead atoms. The first-order valence-electron chi connectivity index (χ1n) is 9.56. The van der Waals surface area contributed by atoms with Gasteiger partial charge in [0.25, 0.3) is 11.5 Å². The van der Waals surface area contributed by atoms with Crippen LogP contribution in [0.1, 0.15) is 15.4 Å². The fourth-order valence-electron chi connectivity index (χ4n) is 2.98. The highest BCUT2D eigenvalue weighted by molar-refractivity contribution is 7.17. The number of aliphatic hydroxyl groups is 1. The molecule has 3 N–H and O–H groups in total. The van der Waals surface area contributed by atoms with Crippen LogP contribution >= 0.6 is 22.9 Å². The number of nitrogens with one attached hydrogen (secondary N) is 2. The summed E-state index contributed by atoms with van der Waals surface area (Å²) in [4.78, 5) is 27.3. The number of aromatic amines is 1. The Balaban J connectivity index is 1.46. The third-order valence-corrected chi connectivity index (χ3v) is 5.69. The van der Waals surface area contributed by atoms with E-state index in [-0.39, 0.29) is 37.0 Å². The number of carbonyl (C=O) groups excluding carboxylic acids is 1. The van der Waals surface area contributed by atoms with Crippen LogP contribution < -0.4 is 15.6 Å². The molecule has 3 aromatic heterocycles. The molecule has 4 rings (SSSR count). The largest absolute Gasteiger partial charge is 0.485 e. The summed E-state index contributed by atoms with van der Waals surface area (Å²) >= 11 is 7.07. The molecule has 0 unspecified atom stereocenters. The van der Waals surface area contributed by atoms with E-state index in [1.807, 2.05) is 24.3 Å². The highest BCUT2D eigenvalue weighted by atomic mass is 35.5. The summed E-state index contributed by atoms with van der Waals surface area (Å²) in [5.41, 5.74) is 2.37. The number of aromatic nitrogens is 4. The van der Waals surface area contributed by atoms with Crippen molar-refractivity contribution >= 4 is 28.8 Å². The first-order valence-corrected chi connectivity index (χ1v) is 10.8. The van der Waals surface area contributed by atoms with Crippen molar-refractivity contribution in [3.63, 3.8) is 0 Å². The van der Waals surface area contributed by atoms with E-state index >= 15 is 0 Å². The zero-order chi connectivity index (χ0) is 22.5. The Bertz CT molecular complexity index is 1280. The summed E-state index contributed by atoms with van der Waals surface area (Å²) in [5, 5.41) is 20.0. The van der Waals surface area contributed by atoms with Gasteiger partial charge in [-0.3, -0.25) is 9.59 Å². The van der Waals surface area contributed by atoms with Crippen molar-refractivity contribution in [3.05, 3.63) is 80.1 Å². The Morgan fingerprint density at radius 1 is 1.22 bits per heavy atom. The highest BCUT2D eigenvalue weighted by Crippen LogP contribution is 2.27. The number of amides is 1. The normalized spacial score (nSPS) is 10.8. The number of pyridine rings is 1. The second-order valence-corrected chi connectivity index (χ2v) is 8.32. The second-order valence-electron chi connectivity index (χ2n) is 6.61. The summed E-state index contributed by atoms with van der Waals surface area (Å²) in [7, 11) is 0. The smallest absolute Gasteiger partial charge is 0.290 e. The van der Waals surface area contributed by atoms with E-state index in [9.17, 15) is 9.59 Å². The minimum Gasteiger partial charge on any atom is -0.485 e. The van der Waals surface area contributed by atoms with E-state index < -0.39 is 0 Å². The van der Waals surface area contributed by atoms with Crippen LogP contribution in [0.25, 0.3) is 16.8 Å². The number of hydrogen-bond acceptors (Lipinski definition) is 7. The van der Waals surface area contributed by atoms with Gasteiger partial charge in [0, 0.05) is 11.8 Å². The first-order chi connectivity index (χ1) is 15.5. The van der Waals surface area contributed by atoms with Gasteiger partial charge >= 0.3 is 0 Å². The van der Waals surface area contributed by atoms with Gasteiger partial charge in [-0.15, -0.1) is 16.4 Å². The van der Waals surface area contributed by atoms with E-state index in [0.717, 1.165) is 11.3 Å². The number of halogens is 1. The van der Waals surface area contributed by atoms with Crippen molar-refractivity contribution in [2.45, 2.75) is 6.54 Å². The molecule has 1 amide bonds. The lowest BCUT2D eigenvalue weighted by atomic mass is 10.1. The zero-order valence-electron chi connectivity index (χ0n) is 16.6. The van der Waals surface area contributed by atoms with Crippen molar-refractivity contribution in [1.29, 1.82) is 0 Å². The molecule has 0 radical (unpaired) electrons. The Labute approximate surface area is 191 Å².